The predicted octanol–water partition coefficient (Wildman–Crippen LogP) is 1.38. The lowest BCUT2D eigenvalue weighted by molar-refractivity contribution is 0.0655. The molecule has 2 aliphatic heterocycles. The van der Waals surface area contributed by atoms with Crippen LogP contribution < -0.4 is 5.32 Å². The third kappa shape index (κ3) is 2.60. The maximum Gasteiger partial charge on any atom is 0.261 e. The highest BCUT2D eigenvalue weighted by Gasteiger charge is 2.35. The molecule has 3 heterocycles. The lowest BCUT2D eigenvalue weighted by Crippen LogP contribution is -2.32. The Morgan fingerprint density at radius 2 is 1.96 bits per heavy atom. The van der Waals surface area contributed by atoms with Crippen LogP contribution in [0.2, 0.25) is 0 Å². The largest absolute Gasteiger partial charge is 0.339 e. The molecule has 7 heteroatoms. The fourth-order valence-corrected chi connectivity index (χ4v) is 3.25. The van der Waals surface area contributed by atoms with Crippen molar-refractivity contribution in [3.8, 4) is 0 Å². The van der Waals surface area contributed by atoms with E-state index in [0.717, 1.165) is 25.9 Å². The predicted molar refractivity (Wildman–Crippen MR) is 84.7 cm³/mol. The molecular formula is C17H18N4O3. The summed E-state index contributed by atoms with van der Waals surface area (Å²) < 4.78 is 5.35. The van der Waals surface area contributed by atoms with E-state index in [4.69, 9.17) is 4.52 Å². The first-order valence-corrected chi connectivity index (χ1v) is 8.22. The Labute approximate surface area is 139 Å². The summed E-state index contributed by atoms with van der Waals surface area (Å²) in [4.78, 5) is 30.3. The zero-order chi connectivity index (χ0) is 16.5. The number of piperidine rings is 1. The van der Waals surface area contributed by atoms with Crippen LogP contribution in [0.4, 0.5) is 0 Å². The van der Waals surface area contributed by atoms with Gasteiger partial charge in [-0.2, -0.15) is 4.98 Å². The van der Waals surface area contributed by atoms with E-state index in [0.29, 0.717) is 29.3 Å². The number of carbonyl (C=O) groups excluding carboxylic acids is 2. The number of hydrogen-bond acceptors (Lipinski definition) is 6. The van der Waals surface area contributed by atoms with Gasteiger partial charge in [-0.15, -0.1) is 0 Å². The lowest BCUT2D eigenvalue weighted by Gasteiger charge is -2.18. The molecule has 0 saturated carbocycles. The minimum atomic E-state index is -0.254. The van der Waals surface area contributed by atoms with Crippen molar-refractivity contribution < 1.29 is 14.1 Å². The van der Waals surface area contributed by atoms with Crippen LogP contribution in [0.25, 0.3) is 0 Å². The molecular weight excluding hydrogens is 308 g/mol. The van der Waals surface area contributed by atoms with Crippen molar-refractivity contribution in [2.75, 3.05) is 19.6 Å². The summed E-state index contributed by atoms with van der Waals surface area (Å²) in [5.41, 5.74) is 0.925. The summed E-state index contributed by atoms with van der Waals surface area (Å²) in [5, 5.41) is 7.30. The van der Waals surface area contributed by atoms with Gasteiger partial charge in [-0.1, -0.05) is 17.3 Å². The number of rotatable bonds is 4. The standard InChI is InChI=1S/C17H18N4O3/c22-16-12-5-1-2-6-13(12)17(23)21(16)9-7-14-19-15(24-20-14)11-4-3-8-18-10-11/h1-2,5-6,11,18H,3-4,7-10H2/t11-/m1/s1. The van der Waals surface area contributed by atoms with Crippen molar-refractivity contribution in [2.24, 2.45) is 0 Å². The highest BCUT2D eigenvalue weighted by molar-refractivity contribution is 6.21. The summed E-state index contributed by atoms with van der Waals surface area (Å²) in [7, 11) is 0. The second kappa shape index (κ2) is 6.16. The summed E-state index contributed by atoms with van der Waals surface area (Å²) in [6.45, 7) is 2.13. The topological polar surface area (TPSA) is 88.3 Å². The number of imide groups is 1. The summed E-state index contributed by atoms with van der Waals surface area (Å²) >= 11 is 0. The van der Waals surface area contributed by atoms with Gasteiger partial charge in [0, 0.05) is 19.5 Å². The van der Waals surface area contributed by atoms with Gasteiger partial charge in [0.05, 0.1) is 17.0 Å². The molecule has 24 heavy (non-hydrogen) atoms. The van der Waals surface area contributed by atoms with Crippen LogP contribution in [0.15, 0.2) is 28.8 Å². The Kier molecular flexibility index (Phi) is 3.86. The van der Waals surface area contributed by atoms with Crippen molar-refractivity contribution in [1.29, 1.82) is 0 Å². The first-order valence-electron chi connectivity index (χ1n) is 8.22. The van der Waals surface area contributed by atoms with Crippen molar-refractivity contribution in [2.45, 2.75) is 25.2 Å². The Balaban J connectivity index is 1.42. The molecule has 0 aliphatic carbocycles. The zero-order valence-electron chi connectivity index (χ0n) is 13.2. The van der Waals surface area contributed by atoms with E-state index in [1.54, 1.807) is 24.3 Å². The average molecular weight is 326 g/mol. The Bertz CT molecular complexity index is 745. The molecule has 2 aliphatic rings. The van der Waals surface area contributed by atoms with E-state index in [1.165, 1.54) is 4.90 Å². The summed E-state index contributed by atoms with van der Waals surface area (Å²) in [6, 6.07) is 6.88. The molecule has 1 N–H and O–H groups in total. The molecule has 0 bridgehead atoms. The van der Waals surface area contributed by atoms with Gasteiger partial charge >= 0.3 is 0 Å². The monoisotopic (exact) mass is 326 g/mol. The lowest BCUT2D eigenvalue weighted by atomic mass is 10.00. The second-order valence-electron chi connectivity index (χ2n) is 6.15. The number of nitrogens with zero attached hydrogens (tertiary/aromatic N) is 3. The van der Waals surface area contributed by atoms with Crippen molar-refractivity contribution in [3.63, 3.8) is 0 Å². The maximum absolute atomic E-state index is 12.3. The molecule has 1 atom stereocenters. The molecule has 0 spiro atoms. The summed E-state index contributed by atoms with van der Waals surface area (Å²) in [5.74, 6) is 0.914. The molecule has 2 aromatic rings. The van der Waals surface area contributed by atoms with Crippen LogP contribution >= 0.6 is 0 Å². The van der Waals surface area contributed by atoms with E-state index in [2.05, 4.69) is 15.5 Å². The third-order valence-corrected chi connectivity index (χ3v) is 4.57. The molecule has 124 valence electrons. The molecule has 0 unspecified atom stereocenters. The van der Waals surface area contributed by atoms with Gasteiger partial charge in [-0.3, -0.25) is 14.5 Å². The highest BCUT2D eigenvalue weighted by Crippen LogP contribution is 2.23. The number of fused-ring (bicyclic) bond motifs is 1. The zero-order valence-corrected chi connectivity index (χ0v) is 13.2. The van der Waals surface area contributed by atoms with Gasteiger partial charge in [0.15, 0.2) is 5.82 Å². The van der Waals surface area contributed by atoms with Crippen LogP contribution in [0, 0.1) is 0 Å². The Hall–Kier alpha value is -2.54. The maximum atomic E-state index is 12.3. The van der Waals surface area contributed by atoms with E-state index < -0.39 is 0 Å². The number of benzene rings is 1. The fourth-order valence-electron chi connectivity index (χ4n) is 3.25. The quantitative estimate of drug-likeness (QED) is 0.854. The Morgan fingerprint density at radius 1 is 1.21 bits per heavy atom. The second-order valence-corrected chi connectivity index (χ2v) is 6.15. The van der Waals surface area contributed by atoms with Crippen molar-refractivity contribution in [1.82, 2.24) is 20.4 Å². The smallest absolute Gasteiger partial charge is 0.261 e. The van der Waals surface area contributed by atoms with Crippen LogP contribution in [0.5, 0.6) is 0 Å². The molecule has 2 amide bonds. The van der Waals surface area contributed by atoms with Crippen molar-refractivity contribution >= 4 is 11.8 Å². The first kappa shape index (κ1) is 15.0. The van der Waals surface area contributed by atoms with Crippen LogP contribution in [0.3, 0.4) is 0 Å². The normalized spacial score (nSPS) is 20.5. The van der Waals surface area contributed by atoms with Crippen LogP contribution in [-0.2, 0) is 6.42 Å². The number of carbonyl (C=O) groups is 2. The van der Waals surface area contributed by atoms with Crippen LogP contribution in [0.1, 0.15) is 51.2 Å². The third-order valence-electron chi connectivity index (χ3n) is 4.57. The molecule has 1 aromatic carbocycles. The molecule has 1 aromatic heterocycles. The van der Waals surface area contributed by atoms with E-state index in [1.807, 2.05) is 0 Å². The number of hydrogen-bond donors (Lipinski definition) is 1. The van der Waals surface area contributed by atoms with Gasteiger partial charge < -0.3 is 9.84 Å². The van der Waals surface area contributed by atoms with E-state index in [9.17, 15) is 9.59 Å². The fraction of sp³-hybridized carbons (Fsp3) is 0.412. The van der Waals surface area contributed by atoms with Gasteiger partial charge in [0.25, 0.3) is 11.8 Å². The Morgan fingerprint density at radius 3 is 2.62 bits per heavy atom. The van der Waals surface area contributed by atoms with Gasteiger partial charge in [-0.05, 0) is 31.5 Å². The number of aromatic nitrogens is 2. The minimum absolute atomic E-state index is 0.249. The number of nitrogens with one attached hydrogen (secondary N) is 1. The molecule has 4 rings (SSSR count). The summed E-state index contributed by atoms with van der Waals surface area (Å²) in [6.07, 6.45) is 2.53. The minimum Gasteiger partial charge on any atom is -0.339 e. The van der Waals surface area contributed by atoms with Gasteiger partial charge in [-0.25, -0.2) is 0 Å². The van der Waals surface area contributed by atoms with E-state index in [-0.39, 0.29) is 24.3 Å². The number of amides is 2. The molecule has 1 saturated heterocycles. The van der Waals surface area contributed by atoms with Gasteiger partial charge in [0.1, 0.15) is 0 Å². The average Bonchev–Trinajstić information content (AvgIpc) is 3.19. The first-order chi connectivity index (χ1) is 11.7. The highest BCUT2D eigenvalue weighted by atomic mass is 16.5. The molecule has 1 fully saturated rings. The van der Waals surface area contributed by atoms with Gasteiger partial charge in [0.2, 0.25) is 5.89 Å². The molecule has 7 nitrogen and oxygen atoms in total. The molecule has 0 radical (unpaired) electrons. The SMILES string of the molecule is O=C1c2ccccc2C(=O)N1CCc1noc([C@@H]2CCCNC2)n1. The van der Waals surface area contributed by atoms with E-state index >= 15 is 0 Å². The van der Waals surface area contributed by atoms with Crippen molar-refractivity contribution in [3.05, 3.63) is 47.1 Å². The van der Waals surface area contributed by atoms with Crippen LogP contribution in [-0.4, -0.2) is 46.5 Å².